The molecule has 0 saturated heterocycles. The molecule has 0 amide bonds. The van der Waals surface area contributed by atoms with Crippen LogP contribution in [0.15, 0.2) is 36.7 Å². The number of nitrogens with one attached hydrogen (secondary N) is 2. The minimum Gasteiger partial charge on any atom is -0.477 e. The summed E-state index contributed by atoms with van der Waals surface area (Å²) in [6.45, 7) is 3.50. The number of hydrogen-bond donors (Lipinski definition) is 3. The Balaban J connectivity index is 1.96. The molecule has 3 rings (SSSR count). The molecule has 0 fully saturated rings. The molecule has 0 spiro atoms. The third-order valence-electron chi connectivity index (χ3n) is 3.67. The van der Waals surface area contributed by atoms with Gasteiger partial charge in [-0.3, -0.25) is 0 Å². The van der Waals surface area contributed by atoms with Crippen LogP contribution in [-0.4, -0.2) is 26.0 Å². The van der Waals surface area contributed by atoms with Gasteiger partial charge in [0.05, 0.1) is 5.69 Å². The van der Waals surface area contributed by atoms with Crippen molar-refractivity contribution in [3.63, 3.8) is 0 Å². The number of anilines is 2. The predicted molar refractivity (Wildman–Crippen MR) is 87.9 cm³/mol. The highest BCUT2D eigenvalue weighted by molar-refractivity contribution is 5.87. The average Bonchev–Trinajstić information content (AvgIpc) is 3.03. The number of halogens is 1. The highest BCUT2D eigenvalue weighted by Gasteiger charge is 2.12. The topological polar surface area (TPSA) is 90.9 Å². The van der Waals surface area contributed by atoms with Crippen LogP contribution in [0.25, 0.3) is 11.3 Å². The first-order chi connectivity index (χ1) is 11.5. The van der Waals surface area contributed by atoms with E-state index >= 15 is 0 Å². The van der Waals surface area contributed by atoms with Gasteiger partial charge in [0.1, 0.15) is 11.5 Å². The molecular weight excluding hydrogens is 311 g/mol. The number of aromatic carboxylic acids is 1. The van der Waals surface area contributed by atoms with Crippen molar-refractivity contribution in [1.29, 1.82) is 0 Å². The maximum atomic E-state index is 13.6. The molecule has 0 aliphatic rings. The smallest absolute Gasteiger partial charge is 0.352 e. The lowest BCUT2D eigenvalue weighted by atomic mass is 10.1. The lowest BCUT2D eigenvalue weighted by molar-refractivity contribution is 0.0691. The van der Waals surface area contributed by atoms with E-state index in [9.17, 15) is 9.18 Å². The molecule has 3 N–H and O–H groups in total. The summed E-state index contributed by atoms with van der Waals surface area (Å²) in [7, 11) is 0. The van der Waals surface area contributed by atoms with E-state index in [2.05, 4.69) is 20.3 Å². The van der Waals surface area contributed by atoms with Crippen LogP contribution in [-0.2, 0) is 0 Å². The average molecular weight is 326 g/mol. The van der Waals surface area contributed by atoms with Crippen molar-refractivity contribution in [1.82, 2.24) is 15.0 Å². The van der Waals surface area contributed by atoms with Crippen molar-refractivity contribution in [2.45, 2.75) is 13.8 Å². The molecule has 0 unspecified atom stereocenters. The summed E-state index contributed by atoms with van der Waals surface area (Å²) in [5, 5.41) is 12.0. The van der Waals surface area contributed by atoms with Crippen LogP contribution in [0.5, 0.6) is 0 Å². The molecule has 2 heterocycles. The number of aryl methyl sites for hydroxylation is 1. The fraction of sp³-hybridized carbons (Fsp3) is 0.118. The fourth-order valence-corrected chi connectivity index (χ4v) is 2.31. The highest BCUT2D eigenvalue weighted by Crippen LogP contribution is 2.25. The lowest BCUT2D eigenvalue weighted by Gasteiger charge is -2.10. The minimum absolute atomic E-state index is 0.0819. The Morgan fingerprint density at radius 3 is 2.83 bits per heavy atom. The number of H-pyrrole nitrogens is 1. The van der Waals surface area contributed by atoms with Crippen molar-refractivity contribution in [3.8, 4) is 11.3 Å². The first kappa shape index (κ1) is 15.7. The van der Waals surface area contributed by atoms with Crippen LogP contribution in [0.3, 0.4) is 0 Å². The van der Waals surface area contributed by atoms with Crippen LogP contribution in [0.4, 0.5) is 16.0 Å². The van der Waals surface area contributed by atoms with Gasteiger partial charge in [0.2, 0.25) is 5.95 Å². The highest BCUT2D eigenvalue weighted by atomic mass is 19.1. The van der Waals surface area contributed by atoms with E-state index in [-0.39, 0.29) is 11.5 Å². The molecule has 7 heteroatoms. The summed E-state index contributed by atoms with van der Waals surface area (Å²) in [6.07, 6.45) is 3.21. The standard InChI is InChI=1S/C17H15FN4O2/c1-9-7-20-17(21-13-5-3-4-12(18)10(13)2)22-15(9)11-6-14(16(23)24)19-8-11/h3-8,19H,1-2H3,(H,23,24)(H,20,21,22). The molecule has 1 aromatic carbocycles. The van der Waals surface area contributed by atoms with E-state index in [4.69, 9.17) is 5.11 Å². The molecule has 0 atom stereocenters. The van der Waals surface area contributed by atoms with Gasteiger partial charge in [-0.1, -0.05) is 6.07 Å². The number of carbonyl (C=O) groups is 1. The van der Waals surface area contributed by atoms with Crippen molar-refractivity contribution in [2.75, 3.05) is 5.32 Å². The van der Waals surface area contributed by atoms with Gasteiger partial charge in [0.15, 0.2) is 0 Å². The van der Waals surface area contributed by atoms with Crippen LogP contribution < -0.4 is 5.32 Å². The number of aromatic amines is 1. The molecule has 3 aromatic rings. The van der Waals surface area contributed by atoms with E-state index in [0.29, 0.717) is 28.5 Å². The fourth-order valence-electron chi connectivity index (χ4n) is 2.31. The van der Waals surface area contributed by atoms with Gasteiger partial charge in [-0.25, -0.2) is 19.2 Å². The molecule has 0 bridgehead atoms. The molecule has 0 radical (unpaired) electrons. The van der Waals surface area contributed by atoms with Crippen LogP contribution >= 0.6 is 0 Å². The van der Waals surface area contributed by atoms with Crippen molar-refractivity contribution in [2.24, 2.45) is 0 Å². The summed E-state index contributed by atoms with van der Waals surface area (Å²) in [5.41, 5.74) is 3.17. The SMILES string of the molecule is Cc1cnc(Nc2cccc(F)c2C)nc1-c1c[nH]c(C(=O)O)c1. The summed E-state index contributed by atoms with van der Waals surface area (Å²) in [5.74, 6) is -1.05. The number of carboxylic acids is 1. The number of hydrogen-bond acceptors (Lipinski definition) is 4. The van der Waals surface area contributed by atoms with Crippen LogP contribution in [0.1, 0.15) is 21.6 Å². The minimum atomic E-state index is -1.04. The van der Waals surface area contributed by atoms with Crippen molar-refractivity contribution >= 4 is 17.6 Å². The quantitative estimate of drug-likeness (QED) is 0.680. The zero-order chi connectivity index (χ0) is 17.3. The molecule has 2 aromatic heterocycles. The van der Waals surface area contributed by atoms with Gasteiger partial charge in [0, 0.05) is 29.2 Å². The summed E-state index contributed by atoms with van der Waals surface area (Å²) < 4.78 is 13.6. The van der Waals surface area contributed by atoms with Crippen molar-refractivity contribution < 1.29 is 14.3 Å². The second kappa shape index (κ2) is 6.11. The number of rotatable bonds is 4. The van der Waals surface area contributed by atoms with Gasteiger partial charge < -0.3 is 15.4 Å². The van der Waals surface area contributed by atoms with E-state index < -0.39 is 5.97 Å². The van der Waals surface area contributed by atoms with Gasteiger partial charge >= 0.3 is 5.97 Å². The zero-order valence-electron chi connectivity index (χ0n) is 13.1. The molecule has 0 aliphatic carbocycles. The third kappa shape index (κ3) is 2.96. The van der Waals surface area contributed by atoms with Gasteiger partial charge in [0.25, 0.3) is 0 Å². The molecular formula is C17H15FN4O2. The summed E-state index contributed by atoms with van der Waals surface area (Å²) in [4.78, 5) is 22.3. The maximum Gasteiger partial charge on any atom is 0.352 e. The summed E-state index contributed by atoms with van der Waals surface area (Å²) in [6, 6.07) is 6.23. The largest absolute Gasteiger partial charge is 0.477 e. The first-order valence-corrected chi connectivity index (χ1v) is 7.23. The van der Waals surface area contributed by atoms with E-state index in [1.54, 1.807) is 31.5 Å². The van der Waals surface area contributed by atoms with Gasteiger partial charge in [-0.05, 0) is 37.6 Å². The molecule has 6 nitrogen and oxygen atoms in total. The monoisotopic (exact) mass is 326 g/mol. The maximum absolute atomic E-state index is 13.6. The van der Waals surface area contributed by atoms with E-state index in [1.807, 2.05) is 6.92 Å². The number of nitrogens with zero attached hydrogens (tertiary/aromatic N) is 2. The Morgan fingerprint density at radius 2 is 2.12 bits per heavy atom. The Morgan fingerprint density at radius 1 is 1.33 bits per heavy atom. The van der Waals surface area contributed by atoms with Crippen molar-refractivity contribution in [3.05, 3.63) is 59.3 Å². The second-order valence-electron chi connectivity index (χ2n) is 5.37. The second-order valence-corrected chi connectivity index (χ2v) is 5.37. The molecule has 0 saturated carbocycles. The van der Waals surface area contributed by atoms with Gasteiger partial charge in [-0.2, -0.15) is 0 Å². The predicted octanol–water partition coefficient (Wildman–Crippen LogP) is 3.67. The molecule has 0 aliphatic heterocycles. The first-order valence-electron chi connectivity index (χ1n) is 7.23. The third-order valence-corrected chi connectivity index (χ3v) is 3.67. The molecule has 24 heavy (non-hydrogen) atoms. The normalized spacial score (nSPS) is 10.6. The Labute approximate surface area is 137 Å². The number of aromatic nitrogens is 3. The summed E-state index contributed by atoms with van der Waals surface area (Å²) >= 11 is 0. The Kier molecular flexibility index (Phi) is 3.99. The zero-order valence-corrected chi connectivity index (χ0v) is 13.1. The number of carboxylic acid groups (broad SMARTS) is 1. The van der Waals surface area contributed by atoms with E-state index in [0.717, 1.165) is 5.56 Å². The number of benzene rings is 1. The Bertz CT molecular complexity index is 921. The van der Waals surface area contributed by atoms with Crippen LogP contribution in [0, 0.1) is 19.7 Å². The van der Waals surface area contributed by atoms with Crippen LogP contribution in [0.2, 0.25) is 0 Å². The van der Waals surface area contributed by atoms with E-state index in [1.165, 1.54) is 12.1 Å². The lowest BCUT2D eigenvalue weighted by Crippen LogP contribution is -2.01. The van der Waals surface area contributed by atoms with Gasteiger partial charge in [-0.15, -0.1) is 0 Å². The Hall–Kier alpha value is -3.22. The molecule has 122 valence electrons.